The molecule has 0 saturated carbocycles. The molecule has 4 atom stereocenters. The van der Waals surface area contributed by atoms with Gasteiger partial charge >= 0.3 is 11.9 Å². The van der Waals surface area contributed by atoms with Crippen LogP contribution in [-0.4, -0.2) is 53.6 Å². The van der Waals surface area contributed by atoms with Gasteiger partial charge in [0.1, 0.15) is 0 Å². The van der Waals surface area contributed by atoms with Crippen molar-refractivity contribution in [3.63, 3.8) is 0 Å². The summed E-state index contributed by atoms with van der Waals surface area (Å²) in [6, 6.07) is -1.40. The standard InChI is InChI=1S/C42H80N2O8S/c1-7-9-11-13-17-23-29-35(37(43(49)50)31-25-19-15-21-27-33-39(45)46)41(3,4)53-42(5,6)36(30-24-18-14-12-10-8-2)38(44(51)52)32-26-20-16-22-28-34-40(47)48/h35-38H,7-34H2,1-6H3,(H,45,46)(H,47,48). The molecule has 2 N–H and O–H groups in total. The fraction of sp³-hybridized carbons (Fsp3) is 0.952. The van der Waals surface area contributed by atoms with Gasteiger partial charge in [0.2, 0.25) is 12.1 Å². The lowest BCUT2D eigenvalue weighted by molar-refractivity contribution is -0.535. The van der Waals surface area contributed by atoms with Crippen LogP contribution in [0.25, 0.3) is 0 Å². The van der Waals surface area contributed by atoms with Crippen molar-refractivity contribution in [2.45, 2.75) is 243 Å². The van der Waals surface area contributed by atoms with Gasteiger partial charge in [-0.25, -0.2) is 0 Å². The number of nitro groups is 2. The van der Waals surface area contributed by atoms with Crippen LogP contribution < -0.4 is 0 Å². The summed E-state index contributed by atoms with van der Waals surface area (Å²) in [7, 11) is 0. The molecule has 53 heavy (non-hydrogen) atoms. The Morgan fingerprint density at radius 2 is 0.755 bits per heavy atom. The summed E-state index contributed by atoms with van der Waals surface area (Å²) >= 11 is 1.74. The zero-order chi connectivity index (χ0) is 40.1. The van der Waals surface area contributed by atoms with Crippen LogP contribution in [0.2, 0.25) is 0 Å². The minimum Gasteiger partial charge on any atom is -0.481 e. The third-order valence-corrected chi connectivity index (χ3v) is 13.0. The van der Waals surface area contributed by atoms with E-state index < -0.39 is 33.5 Å². The van der Waals surface area contributed by atoms with Crippen LogP contribution >= 0.6 is 11.8 Å². The second-order valence-corrected chi connectivity index (χ2v) is 19.0. The normalized spacial score (nSPS) is 14.5. The van der Waals surface area contributed by atoms with Gasteiger partial charge in [-0.2, -0.15) is 0 Å². The molecule has 0 aliphatic rings. The van der Waals surface area contributed by atoms with Crippen molar-refractivity contribution in [2.24, 2.45) is 11.8 Å². The van der Waals surface area contributed by atoms with Crippen LogP contribution in [0.1, 0.15) is 221 Å². The smallest absolute Gasteiger partial charge is 0.303 e. The maximum Gasteiger partial charge on any atom is 0.303 e. The number of carbonyl (C=O) groups is 2. The van der Waals surface area contributed by atoms with Gasteiger partial charge in [0.05, 0.1) is 0 Å². The van der Waals surface area contributed by atoms with Crippen LogP contribution in [0.5, 0.6) is 0 Å². The van der Waals surface area contributed by atoms with Crippen LogP contribution in [0.4, 0.5) is 0 Å². The summed E-state index contributed by atoms with van der Waals surface area (Å²) in [5.74, 6) is -1.95. The maximum absolute atomic E-state index is 12.8. The molecule has 0 rings (SSSR count). The van der Waals surface area contributed by atoms with Crippen molar-refractivity contribution in [3.8, 4) is 0 Å². The second kappa shape index (κ2) is 30.3. The van der Waals surface area contributed by atoms with E-state index in [1.165, 1.54) is 38.5 Å². The van der Waals surface area contributed by atoms with E-state index in [-0.39, 0.29) is 34.5 Å². The molecule has 4 unspecified atom stereocenters. The fourth-order valence-corrected chi connectivity index (χ4v) is 10.6. The quantitative estimate of drug-likeness (QED) is 0.0353. The first kappa shape index (κ1) is 51.1. The Hall–Kier alpha value is -1.91. The molecular formula is C42H80N2O8S. The summed E-state index contributed by atoms with van der Waals surface area (Å²) in [6.07, 6.45) is 23.9. The highest BCUT2D eigenvalue weighted by molar-refractivity contribution is 8.01. The number of aliphatic carboxylic acids is 2. The van der Waals surface area contributed by atoms with Crippen molar-refractivity contribution >= 4 is 23.7 Å². The molecular weight excluding hydrogens is 693 g/mol. The first-order chi connectivity index (χ1) is 25.1. The van der Waals surface area contributed by atoms with E-state index in [0.717, 1.165) is 103 Å². The molecule has 10 nitrogen and oxygen atoms in total. The summed E-state index contributed by atoms with van der Waals surface area (Å²) < 4.78 is -0.979. The molecule has 0 aliphatic heterocycles. The summed E-state index contributed by atoms with van der Waals surface area (Å²) in [5.41, 5.74) is 0. The number of nitrogens with zero attached hydrogens (tertiary/aromatic N) is 2. The molecule has 0 heterocycles. The lowest BCUT2D eigenvalue weighted by Gasteiger charge is -2.44. The summed E-state index contributed by atoms with van der Waals surface area (Å²) in [6.45, 7) is 13.0. The predicted octanol–water partition coefficient (Wildman–Crippen LogP) is 12.9. The number of unbranched alkanes of at least 4 members (excludes halogenated alkanes) is 18. The Bertz CT molecular complexity index is 916. The zero-order valence-electron chi connectivity index (χ0n) is 34.8. The minimum atomic E-state index is -0.790. The van der Waals surface area contributed by atoms with Gasteiger partial charge in [0.25, 0.3) is 0 Å². The Balaban J connectivity index is 6.13. The third kappa shape index (κ3) is 25.0. The molecule has 0 aromatic heterocycles. The van der Waals surface area contributed by atoms with Crippen molar-refractivity contribution in [2.75, 3.05) is 0 Å². The van der Waals surface area contributed by atoms with E-state index in [0.29, 0.717) is 25.7 Å². The number of carboxylic acid groups (broad SMARTS) is 2. The number of rotatable bonds is 38. The molecule has 312 valence electrons. The average molecular weight is 773 g/mol. The van der Waals surface area contributed by atoms with Crippen LogP contribution in [-0.2, 0) is 9.59 Å². The Morgan fingerprint density at radius 3 is 1.04 bits per heavy atom. The van der Waals surface area contributed by atoms with Gasteiger partial charge in [-0.05, 0) is 38.5 Å². The van der Waals surface area contributed by atoms with E-state index >= 15 is 0 Å². The first-order valence-corrected chi connectivity index (χ1v) is 22.3. The number of carboxylic acids is 2. The van der Waals surface area contributed by atoms with Crippen LogP contribution in [0.3, 0.4) is 0 Å². The Labute approximate surface area is 327 Å². The molecule has 11 heteroatoms. The highest BCUT2D eigenvalue weighted by Gasteiger charge is 2.49. The van der Waals surface area contributed by atoms with E-state index in [1.807, 2.05) is 0 Å². The van der Waals surface area contributed by atoms with E-state index in [9.17, 15) is 29.8 Å². The van der Waals surface area contributed by atoms with Crippen molar-refractivity contribution in [1.82, 2.24) is 0 Å². The fourth-order valence-electron chi connectivity index (χ4n) is 8.35. The first-order valence-electron chi connectivity index (χ1n) is 21.5. The van der Waals surface area contributed by atoms with Gasteiger partial charge < -0.3 is 10.2 Å². The molecule has 0 bridgehead atoms. The lowest BCUT2D eigenvalue weighted by Crippen LogP contribution is -2.48. The summed E-state index contributed by atoms with van der Waals surface area (Å²) in [4.78, 5) is 47.2. The van der Waals surface area contributed by atoms with E-state index in [1.54, 1.807) is 11.8 Å². The number of thioether (sulfide) groups is 1. The highest BCUT2D eigenvalue weighted by Crippen LogP contribution is 2.50. The molecule has 0 aromatic rings. The molecule has 0 radical (unpaired) electrons. The van der Waals surface area contributed by atoms with Gasteiger partial charge in [0.15, 0.2) is 0 Å². The molecule has 0 saturated heterocycles. The minimum absolute atomic E-state index is 0.0639. The Kier molecular flexibility index (Phi) is 29.2. The molecule has 0 aliphatic carbocycles. The largest absolute Gasteiger partial charge is 0.481 e. The van der Waals surface area contributed by atoms with Gasteiger partial charge in [-0.3, -0.25) is 29.8 Å². The van der Waals surface area contributed by atoms with Crippen molar-refractivity contribution < 1.29 is 29.6 Å². The highest BCUT2D eigenvalue weighted by atomic mass is 32.2. The molecule has 0 amide bonds. The molecule has 0 spiro atoms. The van der Waals surface area contributed by atoms with E-state index in [4.69, 9.17) is 10.2 Å². The third-order valence-electron chi connectivity index (χ3n) is 11.3. The second-order valence-electron chi connectivity index (χ2n) is 16.7. The SMILES string of the molecule is CCCCCCCCC(C(CCCCCCCC(=O)O)[N+](=O)[O-])C(C)(C)SC(C)(C)C(CCCCCCCC)C(CCCCCCCC(=O)O)[N+](=O)[O-]. The molecule has 0 fully saturated rings. The van der Waals surface area contributed by atoms with Gasteiger partial charge in [0, 0.05) is 56.9 Å². The maximum atomic E-state index is 12.8. The zero-order valence-corrected chi connectivity index (χ0v) is 35.6. The van der Waals surface area contributed by atoms with Crippen LogP contribution in [0.15, 0.2) is 0 Å². The van der Waals surface area contributed by atoms with Crippen LogP contribution in [0, 0.1) is 32.1 Å². The van der Waals surface area contributed by atoms with Gasteiger partial charge in [-0.1, -0.05) is 157 Å². The monoisotopic (exact) mass is 773 g/mol. The Morgan fingerprint density at radius 1 is 0.491 bits per heavy atom. The van der Waals surface area contributed by atoms with Gasteiger partial charge in [-0.15, -0.1) is 11.8 Å². The predicted molar refractivity (Wildman–Crippen MR) is 220 cm³/mol. The average Bonchev–Trinajstić information content (AvgIpc) is 3.06. The number of hydrogen-bond acceptors (Lipinski definition) is 7. The molecule has 0 aromatic carbocycles. The van der Waals surface area contributed by atoms with E-state index in [2.05, 4.69) is 41.5 Å². The number of hydrogen-bond donors (Lipinski definition) is 2. The topological polar surface area (TPSA) is 161 Å². The van der Waals surface area contributed by atoms with Crippen molar-refractivity contribution in [3.05, 3.63) is 20.2 Å². The van der Waals surface area contributed by atoms with Crippen molar-refractivity contribution in [1.29, 1.82) is 0 Å². The summed E-state index contributed by atoms with van der Waals surface area (Å²) in [5, 5.41) is 43.5. The lowest BCUT2D eigenvalue weighted by atomic mass is 9.80.